The Balaban J connectivity index is 1.95. The van der Waals surface area contributed by atoms with Crippen molar-refractivity contribution in [1.29, 1.82) is 0 Å². The van der Waals surface area contributed by atoms with Gasteiger partial charge in [-0.3, -0.25) is 9.69 Å². The molecule has 0 aromatic rings. The van der Waals surface area contributed by atoms with Crippen LogP contribution in [0, 0.1) is 5.92 Å². The van der Waals surface area contributed by atoms with Gasteiger partial charge >= 0.3 is 5.97 Å². The molecular weight excluding hydrogens is 202 g/mol. The lowest BCUT2D eigenvalue weighted by Gasteiger charge is -2.35. The van der Waals surface area contributed by atoms with E-state index in [1.54, 1.807) is 0 Å². The molecule has 1 unspecified atom stereocenters. The van der Waals surface area contributed by atoms with Crippen LogP contribution in [0.3, 0.4) is 0 Å². The van der Waals surface area contributed by atoms with Crippen LogP contribution in [0.15, 0.2) is 0 Å². The van der Waals surface area contributed by atoms with E-state index >= 15 is 0 Å². The smallest absolute Gasteiger partial charge is 0.323 e. The molecule has 0 spiro atoms. The molecular formula is C13H23NO2. The third-order valence-corrected chi connectivity index (χ3v) is 4.45. The molecule has 2 rings (SSSR count). The molecule has 1 aliphatic carbocycles. The molecule has 1 aliphatic heterocycles. The van der Waals surface area contributed by atoms with Gasteiger partial charge in [0.15, 0.2) is 0 Å². The lowest BCUT2D eigenvalue weighted by molar-refractivity contribution is -0.149. The van der Waals surface area contributed by atoms with Gasteiger partial charge in [-0.1, -0.05) is 19.3 Å². The molecule has 0 aromatic heterocycles. The van der Waals surface area contributed by atoms with Crippen molar-refractivity contribution in [2.75, 3.05) is 13.1 Å². The Morgan fingerprint density at radius 2 is 2.00 bits per heavy atom. The highest BCUT2D eigenvalue weighted by molar-refractivity contribution is 5.78. The van der Waals surface area contributed by atoms with E-state index in [0.29, 0.717) is 0 Å². The normalized spacial score (nSPS) is 33.1. The summed E-state index contributed by atoms with van der Waals surface area (Å²) in [7, 11) is 0. The van der Waals surface area contributed by atoms with Crippen molar-refractivity contribution in [3.05, 3.63) is 0 Å². The molecule has 92 valence electrons. The highest BCUT2D eigenvalue weighted by atomic mass is 16.4. The monoisotopic (exact) mass is 225 g/mol. The van der Waals surface area contributed by atoms with Gasteiger partial charge in [-0.15, -0.1) is 0 Å². The van der Waals surface area contributed by atoms with E-state index < -0.39 is 11.5 Å². The van der Waals surface area contributed by atoms with Crippen molar-refractivity contribution in [3.63, 3.8) is 0 Å². The van der Waals surface area contributed by atoms with Crippen LogP contribution in [0.5, 0.6) is 0 Å². The van der Waals surface area contributed by atoms with Crippen molar-refractivity contribution in [2.24, 2.45) is 5.92 Å². The Bertz CT molecular complexity index is 261. The number of aliphatic carboxylic acids is 1. The summed E-state index contributed by atoms with van der Waals surface area (Å²) in [5.41, 5.74) is -0.586. The summed E-state index contributed by atoms with van der Waals surface area (Å²) in [6, 6.07) is 0. The van der Waals surface area contributed by atoms with E-state index in [2.05, 4.69) is 4.90 Å². The van der Waals surface area contributed by atoms with Crippen LogP contribution >= 0.6 is 0 Å². The average Bonchev–Trinajstić information content (AvgIpc) is 2.63. The maximum atomic E-state index is 11.3. The van der Waals surface area contributed by atoms with Gasteiger partial charge in [0, 0.05) is 6.54 Å². The van der Waals surface area contributed by atoms with Gasteiger partial charge in [0.25, 0.3) is 0 Å². The third kappa shape index (κ3) is 2.24. The van der Waals surface area contributed by atoms with Gasteiger partial charge in [-0.05, 0) is 45.1 Å². The number of carboxylic acids is 1. The fourth-order valence-corrected chi connectivity index (χ4v) is 3.24. The first kappa shape index (κ1) is 11.9. The summed E-state index contributed by atoms with van der Waals surface area (Å²) in [6.07, 6.45) is 8.49. The number of rotatable bonds is 3. The summed E-state index contributed by atoms with van der Waals surface area (Å²) in [5.74, 6) is 0.103. The highest BCUT2D eigenvalue weighted by Crippen LogP contribution is 2.33. The first-order valence-corrected chi connectivity index (χ1v) is 6.61. The summed E-state index contributed by atoms with van der Waals surface area (Å²) in [4.78, 5) is 13.5. The Morgan fingerprint density at radius 3 is 2.62 bits per heavy atom. The van der Waals surface area contributed by atoms with Crippen molar-refractivity contribution in [1.82, 2.24) is 4.90 Å². The maximum absolute atomic E-state index is 11.3. The summed E-state index contributed by atoms with van der Waals surface area (Å²) < 4.78 is 0. The molecule has 1 atom stereocenters. The molecule has 3 heteroatoms. The zero-order valence-corrected chi connectivity index (χ0v) is 10.2. The summed E-state index contributed by atoms with van der Waals surface area (Å²) in [6.45, 7) is 3.87. The molecule has 0 amide bonds. The SMILES string of the molecule is CC1(C(=O)O)CCCN1CC1CCCCC1. The van der Waals surface area contributed by atoms with E-state index in [9.17, 15) is 9.90 Å². The highest BCUT2D eigenvalue weighted by Gasteiger charge is 2.43. The first-order chi connectivity index (χ1) is 7.63. The van der Waals surface area contributed by atoms with Crippen LogP contribution in [0.2, 0.25) is 0 Å². The zero-order valence-electron chi connectivity index (χ0n) is 10.2. The van der Waals surface area contributed by atoms with E-state index in [-0.39, 0.29) is 0 Å². The van der Waals surface area contributed by atoms with Crippen LogP contribution in [0.25, 0.3) is 0 Å². The minimum Gasteiger partial charge on any atom is -0.480 e. The summed E-state index contributed by atoms with van der Waals surface area (Å²) >= 11 is 0. The molecule has 16 heavy (non-hydrogen) atoms. The van der Waals surface area contributed by atoms with Crippen molar-refractivity contribution in [2.45, 2.75) is 57.4 Å². The summed E-state index contributed by atoms with van der Waals surface area (Å²) in [5, 5.41) is 9.33. The second kappa shape index (κ2) is 4.74. The second-order valence-electron chi connectivity index (χ2n) is 5.63. The third-order valence-electron chi connectivity index (χ3n) is 4.45. The molecule has 2 fully saturated rings. The van der Waals surface area contributed by atoms with Crippen molar-refractivity contribution >= 4 is 5.97 Å². The van der Waals surface area contributed by atoms with Gasteiger partial charge in [0.05, 0.1) is 0 Å². The standard InChI is InChI=1S/C13H23NO2/c1-13(12(15)16)8-5-9-14(13)10-11-6-3-2-4-7-11/h11H,2-10H2,1H3,(H,15,16). The predicted octanol–water partition coefficient (Wildman–Crippen LogP) is 2.51. The van der Waals surface area contributed by atoms with Crippen LogP contribution in [-0.4, -0.2) is 34.6 Å². The molecule has 0 aromatic carbocycles. The first-order valence-electron chi connectivity index (χ1n) is 6.61. The predicted molar refractivity (Wildman–Crippen MR) is 63.4 cm³/mol. The lowest BCUT2D eigenvalue weighted by atomic mass is 9.88. The molecule has 3 nitrogen and oxygen atoms in total. The van der Waals surface area contributed by atoms with E-state index in [0.717, 1.165) is 31.8 Å². The van der Waals surface area contributed by atoms with Crippen molar-refractivity contribution < 1.29 is 9.90 Å². The molecule has 2 aliphatic rings. The Morgan fingerprint density at radius 1 is 1.31 bits per heavy atom. The lowest BCUT2D eigenvalue weighted by Crippen LogP contribution is -2.49. The van der Waals surface area contributed by atoms with Gasteiger partial charge in [-0.2, -0.15) is 0 Å². The van der Waals surface area contributed by atoms with Gasteiger partial charge in [0.2, 0.25) is 0 Å². The fourth-order valence-electron chi connectivity index (χ4n) is 3.24. The molecule has 1 N–H and O–H groups in total. The number of carboxylic acid groups (broad SMARTS) is 1. The topological polar surface area (TPSA) is 40.5 Å². The van der Waals surface area contributed by atoms with Crippen LogP contribution in [-0.2, 0) is 4.79 Å². The van der Waals surface area contributed by atoms with Gasteiger partial charge in [-0.25, -0.2) is 0 Å². The fraction of sp³-hybridized carbons (Fsp3) is 0.923. The minimum atomic E-state index is -0.638. The van der Waals surface area contributed by atoms with E-state index in [1.807, 2.05) is 6.92 Å². The molecule has 0 radical (unpaired) electrons. The molecule has 1 heterocycles. The largest absolute Gasteiger partial charge is 0.480 e. The Labute approximate surface area is 97.8 Å². The van der Waals surface area contributed by atoms with Crippen LogP contribution in [0.1, 0.15) is 51.9 Å². The van der Waals surface area contributed by atoms with Crippen molar-refractivity contribution in [3.8, 4) is 0 Å². The van der Waals surface area contributed by atoms with E-state index in [1.165, 1.54) is 32.1 Å². The number of likely N-dealkylation sites (tertiary alicyclic amines) is 1. The maximum Gasteiger partial charge on any atom is 0.323 e. The quantitative estimate of drug-likeness (QED) is 0.802. The average molecular weight is 225 g/mol. The molecule has 1 saturated carbocycles. The Kier molecular flexibility index (Phi) is 3.53. The van der Waals surface area contributed by atoms with E-state index in [4.69, 9.17) is 0 Å². The number of nitrogens with zero attached hydrogens (tertiary/aromatic N) is 1. The molecule has 1 saturated heterocycles. The van der Waals surface area contributed by atoms with Crippen LogP contribution in [0.4, 0.5) is 0 Å². The van der Waals surface area contributed by atoms with Gasteiger partial charge < -0.3 is 5.11 Å². The minimum absolute atomic E-state index is 0.586. The number of hydrogen-bond donors (Lipinski definition) is 1. The molecule has 0 bridgehead atoms. The second-order valence-corrected chi connectivity index (χ2v) is 5.63. The number of carbonyl (C=O) groups is 1. The number of hydrogen-bond acceptors (Lipinski definition) is 2. The zero-order chi connectivity index (χ0) is 11.6. The van der Waals surface area contributed by atoms with Crippen LogP contribution < -0.4 is 0 Å². The van der Waals surface area contributed by atoms with Gasteiger partial charge in [0.1, 0.15) is 5.54 Å². The Hall–Kier alpha value is -0.570.